The monoisotopic (exact) mass is 230 g/mol. The van der Waals surface area contributed by atoms with Gasteiger partial charge >= 0.3 is 0 Å². The first-order valence-corrected chi connectivity index (χ1v) is 4.95. The molecule has 0 aliphatic rings. The van der Waals surface area contributed by atoms with Crippen molar-refractivity contribution in [2.45, 2.75) is 20.1 Å². The fourth-order valence-electron chi connectivity index (χ4n) is 1.30. The van der Waals surface area contributed by atoms with E-state index in [-0.39, 0.29) is 18.6 Å². The number of nitrogens with zero attached hydrogens (tertiary/aromatic N) is 2. The third-order valence-electron chi connectivity index (χ3n) is 2.18. The Morgan fingerprint density at radius 3 is 2.27 bits per heavy atom. The van der Waals surface area contributed by atoms with E-state index in [2.05, 4.69) is 21.6 Å². The van der Waals surface area contributed by atoms with Crippen LogP contribution in [0.2, 0.25) is 0 Å². The van der Waals surface area contributed by atoms with Gasteiger partial charge in [0.15, 0.2) is 12.4 Å². The average Bonchev–Trinajstić information content (AvgIpc) is 2.18. The number of halogens is 1. The second-order valence-corrected chi connectivity index (χ2v) is 3.45. The zero-order valence-electron chi connectivity index (χ0n) is 9.77. The quantitative estimate of drug-likeness (QED) is 0.592. The Balaban J connectivity index is 0.00000196. The topological polar surface area (TPSA) is 16.4 Å². The summed E-state index contributed by atoms with van der Waals surface area (Å²) in [5.74, 6) is 0. The van der Waals surface area contributed by atoms with Crippen molar-refractivity contribution in [3.8, 4) is 0 Å². The van der Waals surface area contributed by atoms with E-state index in [4.69, 9.17) is 4.74 Å². The van der Waals surface area contributed by atoms with Crippen molar-refractivity contribution in [2.24, 2.45) is 0 Å². The van der Waals surface area contributed by atoms with Gasteiger partial charge in [0.2, 0.25) is 0 Å². The standard InChI is InChI=1S/C11H19N2O.ClH/c1-5-14-10(2)13-8-6-11(7-9-13)12(3)4;/h6-10H,5H2,1-4H3;1H/q+1;/p-1. The van der Waals surface area contributed by atoms with Crippen LogP contribution < -0.4 is 21.9 Å². The minimum atomic E-state index is 0. The van der Waals surface area contributed by atoms with Crippen LogP contribution >= 0.6 is 0 Å². The lowest BCUT2D eigenvalue weighted by molar-refractivity contribution is -0.758. The normalized spacial score (nSPS) is 11.7. The summed E-state index contributed by atoms with van der Waals surface area (Å²) in [5, 5.41) is 0. The predicted molar refractivity (Wildman–Crippen MR) is 57.3 cm³/mol. The molecule has 1 aromatic rings. The molecule has 0 saturated heterocycles. The highest BCUT2D eigenvalue weighted by Crippen LogP contribution is 2.07. The maximum absolute atomic E-state index is 5.48. The van der Waals surface area contributed by atoms with Gasteiger partial charge in [-0.25, -0.2) is 0 Å². The molecule has 1 heterocycles. The van der Waals surface area contributed by atoms with Gasteiger partial charge in [-0.3, -0.25) is 0 Å². The number of pyridine rings is 1. The zero-order valence-corrected chi connectivity index (χ0v) is 10.5. The molecule has 3 nitrogen and oxygen atoms in total. The van der Waals surface area contributed by atoms with E-state index in [0.717, 1.165) is 6.61 Å². The lowest BCUT2D eigenvalue weighted by atomic mass is 10.4. The highest BCUT2D eigenvalue weighted by molar-refractivity contribution is 5.41. The molecule has 1 unspecified atom stereocenters. The second kappa shape index (κ2) is 6.64. The van der Waals surface area contributed by atoms with Crippen molar-refractivity contribution in [3.63, 3.8) is 0 Å². The third-order valence-corrected chi connectivity index (χ3v) is 2.18. The summed E-state index contributed by atoms with van der Waals surface area (Å²) >= 11 is 0. The second-order valence-electron chi connectivity index (χ2n) is 3.45. The number of hydrogen-bond acceptors (Lipinski definition) is 2. The van der Waals surface area contributed by atoms with Gasteiger partial charge in [0, 0.05) is 38.8 Å². The molecular formula is C11H19ClN2O. The van der Waals surface area contributed by atoms with Crippen LogP contribution in [-0.4, -0.2) is 20.7 Å². The molecule has 86 valence electrons. The molecule has 0 amide bonds. The van der Waals surface area contributed by atoms with Gasteiger partial charge in [-0.15, -0.1) is 0 Å². The van der Waals surface area contributed by atoms with Crippen LogP contribution in [0.25, 0.3) is 0 Å². The molecule has 0 saturated carbocycles. The molecule has 4 heteroatoms. The van der Waals surface area contributed by atoms with Gasteiger partial charge < -0.3 is 22.0 Å². The van der Waals surface area contributed by atoms with Crippen LogP contribution in [0.1, 0.15) is 20.1 Å². The smallest absolute Gasteiger partial charge is 0.259 e. The van der Waals surface area contributed by atoms with E-state index < -0.39 is 0 Å². The first-order valence-electron chi connectivity index (χ1n) is 4.95. The van der Waals surface area contributed by atoms with Crippen LogP contribution in [0.4, 0.5) is 5.69 Å². The molecular weight excluding hydrogens is 212 g/mol. The third kappa shape index (κ3) is 4.06. The Labute approximate surface area is 98.1 Å². The lowest BCUT2D eigenvalue weighted by Gasteiger charge is -2.12. The number of rotatable bonds is 4. The highest BCUT2D eigenvalue weighted by Gasteiger charge is 2.10. The molecule has 0 spiro atoms. The molecule has 1 atom stereocenters. The van der Waals surface area contributed by atoms with Gasteiger partial charge in [0.1, 0.15) is 0 Å². The summed E-state index contributed by atoms with van der Waals surface area (Å²) < 4.78 is 7.53. The van der Waals surface area contributed by atoms with Gasteiger partial charge in [0.25, 0.3) is 6.23 Å². The summed E-state index contributed by atoms with van der Waals surface area (Å²) in [6.45, 7) is 4.79. The summed E-state index contributed by atoms with van der Waals surface area (Å²) in [5.41, 5.74) is 1.20. The van der Waals surface area contributed by atoms with E-state index in [1.165, 1.54) is 5.69 Å². The van der Waals surface area contributed by atoms with Gasteiger partial charge in [0.05, 0.1) is 6.61 Å². The number of hydrogen-bond donors (Lipinski definition) is 0. The van der Waals surface area contributed by atoms with Crippen molar-refractivity contribution in [1.29, 1.82) is 0 Å². The van der Waals surface area contributed by atoms with Crippen molar-refractivity contribution in [2.75, 3.05) is 25.6 Å². The Morgan fingerprint density at radius 1 is 1.33 bits per heavy atom. The van der Waals surface area contributed by atoms with Gasteiger partial charge in [-0.2, -0.15) is 4.57 Å². The molecule has 0 N–H and O–H groups in total. The van der Waals surface area contributed by atoms with Crippen molar-refractivity contribution in [1.82, 2.24) is 0 Å². The van der Waals surface area contributed by atoms with Gasteiger partial charge in [-0.1, -0.05) is 0 Å². The van der Waals surface area contributed by atoms with Crippen molar-refractivity contribution < 1.29 is 21.7 Å². The Kier molecular flexibility index (Phi) is 6.29. The molecule has 1 rings (SSSR count). The van der Waals surface area contributed by atoms with E-state index in [1.54, 1.807) is 0 Å². The van der Waals surface area contributed by atoms with Crippen molar-refractivity contribution in [3.05, 3.63) is 24.5 Å². The molecule has 0 aromatic carbocycles. The van der Waals surface area contributed by atoms with E-state index in [9.17, 15) is 0 Å². The minimum Gasteiger partial charge on any atom is -1.00 e. The first-order chi connectivity index (χ1) is 6.65. The maximum atomic E-state index is 5.48. The Morgan fingerprint density at radius 2 is 1.87 bits per heavy atom. The Hall–Kier alpha value is -0.800. The fourth-order valence-corrected chi connectivity index (χ4v) is 1.30. The fraction of sp³-hybridized carbons (Fsp3) is 0.545. The van der Waals surface area contributed by atoms with Crippen LogP contribution in [0.3, 0.4) is 0 Å². The van der Waals surface area contributed by atoms with E-state index in [1.807, 2.05) is 40.3 Å². The van der Waals surface area contributed by atoms with E-state index in [0.29, 0.717) is 0 Å². The molecule has 1 aromatic heterocycles. The largest absolute Gasteiger partial charge is 1.00 e. The maximum Gasteiger partial charge on any atom is 0.259 e. The summed E-state index contributed by atoms with van der Waals surface area (Å²) in [7, 11) is 4.07. The summed E-state index contributed by atoms with van der Waals surface area (Å²) in [6.07, 6.45) is 4.18. The molecule has 0 radical (unpaired) electrons. The Bertz CT molecular complexity index is 274. The molecule has 0 aliphatic heterocycles. The lowest BCUT2D eigenvalue weighted by Crippen LogP contribution is -3.00. The first kappa shape index (κ1) is 14.2. The van der Waals surface area contributed by atoms with Crippen LogP contribution in [-0.2, 0) is 4.74 Å². The molecule has 0 bridgehead atoms. The van der Waals surface area contributed by atoms with E-state index >= 15 is 0 Å². The van der Waals surface area contributed by atoms with Crippen LogP contribution in [0, 0.1) is 0 Å². The predicted octanol–water partition coefficient (Wildman–Crippen LogP) is -1.40. The minimum absolute atomic E-state index is 0. The average molecular weight is 231 g/mol. The zero-order chi connectivity index (χ0) is 10.6. The number of ether oxygens (including phenoxy) is 1. The summed E-state index contributed by atoms with van der Waals surface area (Å²) in [6, 6.07) is 4.16. The molecule has 0 aliphatic carbocycles. The summed E-state index contributed by atoms with van der Waals surface area (Å²) in [4.78, 5) is 2.08. The number of anilines is 1. The SMILES string of the molecule is CCOC(C)[n+]1ccc(N(C)C)cc1.[Cl-]. The highest BCUT2D eigenvalue weighted by atomic mass is 35.5. The van der Waals surface area contributed by atoms with Gasteiger partial charge in [-0.05, 0) is 6.92 Å². The van der Waals surface area contributed by atoms with Crippen molar-refractivity contribution >= 4 is 5.69 Å². The van der Waals surface area contributed by atoms with Crippen LogP contribution in [0.15, 0.2) is 24.5 Å². The number of aromatic nitrogens is 1. The van der Waals surface area contributed by atoms with Crippen LogP contribution in [0.5, 0.6) is 0 Å². The molecule has 15 heavy (non-hydrogen) atoms. The molecule has 0 fully saturated rings.